The predicted molar refractivity (Wildman–Crippen MR) is 123 cm³/mol. The van der Waals surface area contributed by atoms with Crippen LogP contribution in [0.25, 0.3) is 10.9 Å². The summed E-state index contributed by atoms with van der Waals surface area (Å²) < 4.78 is 7.61. The zero-order valence-corrected chi connectivity index (χ0v) is 17.5. The number of aromatic carboxylic acids is 1. The van der Waals surface area contributed by atoms with Gasteiger partial charge in [0.2, 0.25) is 0 Å². The first kappa shape index (κ1) is 20.7. The van der Waals surface area contributed by atoms with E-state index >= 15 is 0 Å². The lowest BCUT2D eigenvalue weighted by molar-refractivity contribution is 0.0684. The Balaban J connectivity index is 1.66. The molecule has 4 aromatic rings. The standard InChI is InChI=1S/C26H26N2O3/c1-2-31-24-15-9-6-12-20(24)16-27-17-22-21-13-7-8-14-23(21)28(25(22)26(29)30)18-19-10-4-3-5-11-19/h3-15,27H,2,16-18H2,1H3,(H,29,30). The highest BCUT2D eigenvalue weighted by molar-refractivity contribution is 5.98. The van der Waals surface area contributed by atoms with Crippen LogP contribution in [0.15, 0.2) is 78.9 Å². The Hall–Kier alpha value is -3.57. The highest BCUT2D eigenvalue weighted by atomic mass is 16.5. The lowest BCUT2D eigenvalue weighted by Gasteiger charge is -2.12. The Kier molecular flexibility index (Phi) is 6.34. The lowest BCUT2D eigenvalue weighted by Crippen LogP contribution is -2.17. The molecule has 0 aliphatic carbocycles. The number of nitrogens with one attached hydrogen (secondary N) is 1. The Morgan fingerprint density at radius 3 is 2.42 bits per heavy atom. The van der Waals surface area contributed by atoms with Crippen LogP contribution in [-0.2, 0) is 19.6 Å². The summed E-state index contributed by atoms with van der Waals surface area (Å²) >= 11 is 0. The molecule has 0 saturated heterocycles. The van der Waals surface area contributed by atoms with Crippen LogP contribution in [0.4, 0.5) is 0 Å². The number of nitrogens with zero attached hydrogens (tertiary/aromatic N) is 1. The van der Waals surface area contributed by atoms with Gasteiger partial charge in [-0.3, -0.25) is 0 Å². The third-order valence-corrected chi connectivity index (χ3v) is 5.35. The lowest BCUT2D eigenvalue weighted by atomic mass is 10.1. The van der Waals surface area contributed by atoms with E-state index in [4.69, 9.17) is 4.74 Å². The van der Waals surface area contributed by atoms with E-state index in [2.05, 4.69) is 5.32 Å². The van der Waals surface area contributed by atoms with Crippen molar-refractivity contribution in [3.63, 3.8) is 0 Å². The minimum Gasteiger partial charge on any atom is -0.494 e. The zero-order chi connectivity index (χ0) is 21.6. The fourth-order valence-electron chi connectivity index (χ4n) is 4.00. The van der Waals surface area contributed by atoms with Crippen molar-refractivity contribution in [2.24, 2.45) is 0 Å². The molecule has 0 unspecified atom stereocenters. The van der Waals surface area contributed by atoms with E-state index in [0.717, 1.165) is 33.3 Å². The monoisotopic (exact) mass is 414 g/mol. The van der Waals surface area contributed by atoms with Gasteiger partial charge < -0.3 is 19.7 Å². The molecule has 158 valence electrons. The molecule has 3 aromatic carbocycles. The van der Waals surface area contributed by atoms with Crippen LogP contribution in [-0.4, -0.2) is 22.2 Å². The smallest absolute Gasteiger partial charge is 0.352 e. The number of para-hydroxylation sites is 2. The van der Waals surface area contributed by atoms with Crippen LogP contribution in [0.1, 0.15) is 34.1 Å². The Morgan fingerprint density at radius 2 is 1.65 bits per heavy atom. The summed E-state index contributed by atoms with van der Waals surface area (Å²) in [6, 6.07) is 25.7. The zero-order valence-electron chi connectivity index (χ0n) is 17.5. The van der Waals surface area contributed by atoms with Crippen molar-refractivity contribution < 1.29 is 14.6 Å². The molecule has 1 heterocycles. The molecule has 5 heteroatoms. The molecule has 0 radical (unpaired) electrons. The van der Waals surface area contributed by atoms with E-state index in [1.807, 2.05) is 90.4 Å². The summed E-state index contributed by atoms with van der Waals surface area (Å²) in [4.78, 5) is 12.3. The first-order chi connectivity index (χ1) is 15.2. The van der Waals surface area contributed by atoms with Crippen molar-refractivity contribution >= 4 is 16.9 Å². The highest BCUT2D eigenvalue weighted by Crippen LogP contribution is 2.28. The fourth-order valence-corrected chi connectivity index (χ4v) is 4.00. The molecule has 0 atom stereocenters. The van der Waals surface area contributed by atoms with Crippen LogP contribution in [0.5, 0.6) is 5.75 Å². The minimum atomic E-state index is -0.918. The second-order valence-electron chi connectivity index (χ2n) is 7.37. The number of ether oxygens (including phenoxy) is 1. The normalized spacial score (nSPS) is 11.0. The van der Waals surface area contributed by atoms with Crippen molar-refractivity contribution in [3.8, 4) is 5.75 Å². The molecule has 31 heavy (non-hydrogen) atoms. The molecular formula is C26H26N2O3. The average molecular weight is 415 g/mol. The van der Waals surface area contributed by atoms with E-state index in [9.17, 15) is 9.90 Å². The van der Waals surface area contributed by atoms with Gasteiger partial charge in [0.15, 0.2) is 0 Å². The number of carboxylic acid groups (broad SMARTS) is 1. The number of aromatic nitrogens is 1. The van der Waals surface area contributed by atoms with Gasteiger partial charge in [-0.2, -0.15) is 0 Å². The molecule has 0 saturated carbocycles. The summed E-state index contributed by atoms with van der Waals surface area (Å²) in [6.07, 6.45) is 0. The van der Waals surface area contributed by atoms with E-state index in [1.165, 1.54) is 0 Å². The molecule has 0 amide bonds. The summed E-state index contributed by atoms with van der Waals surface area (Å²) in [6.45, 7) is 4.12. The van der Waals surface area contributed by atoms with E-state index in [1.54, 1.807) is 0 Å². The van der Waals surface area contributed by atoms with Gasteiger partial charge in [0.05, 0.1) is 6.61 Å². The quantitative estimate of drug-likeness (QED) is 0.401. The number of carboxylic acids is 1. The SMILES string of the molecule is CCOc1ccccc1CNCc1c(C(=O)O)n(Cc2ccccc2)c2ccccc12. The molecule has 0 bridgehead atoms. The summed E-state index contributed by atoms with van der Waals surface area (Å²) in [5, 5.41) is 14.5. The van der Waals surface area contributed by atoms with Gasteiger partial charge in [0.1, 0.15) is 11.4 Å². The summed E-state index contributed by atoms with van der Waals surface area (Å²) in [5.41, 5.74) is 4.17. The second-order valence-corrected chi connectivity index (χ2v) is 7.37. The van der Waals surface area contributed by atoms with Crippen LogP contribution >= 0.6 is 0 Å². The van der Waals surface area contributed by atoms with Crippen LogP contribution < -0.4 is 10.1 Å². The number of rotatable bonds is 9. The van der Waals surface area contributed by atoms with Gasteiger partial charge in [-0.1, -0.05) is 66.7 Å². The van der Waals surface area contributed by atoms with Gasteiger partial charge in [-0.05, 0) is 24.6 Å². The van der Waals surface area contributed by atoms with Gasteiger partial charge in [0.25, 0.3) is 0 Å². The molecule has 1 aromatic heterocycles. The topological polar surface area (TPSA) is 63.5 Å². The molecular weight excluding hydrogens is 388 g/mol. The average Bonchev–Trinajstić information content (AvgIpc) is 3.09. The van der Waals surface area contributed by atoms with Gasteiger partial charge in [-0.15, -0.1) is 0 Å². The molecule has 0 aliphatic rings. The number of hydrogen-bond acceptors (Lipinski definition) is 3. The fraction of sp³-hybridized carbons (Fsp3) is 0.192. The molecule has 5 nitrogen and oxygen atoms in total. The van der Waals surface area contributed by atoms with Crippen LogP contribution in [0, 0.1) is 0 Å². The molecule has 0 spiro atoms. The van der Waals surface area contributed by atoms with Crippen molar-refractivity contribution in [1.82, 2.24) is 9.88 Å². The Bertz CT molecular complexity index is 1180. The second kappa shape index (κ2) is 9.49. The third-order valence-electron chi connectivity index (χ3n) is 5.35. The van der Waals surface area contributed by atoms with Crippen molar-refractivity contribution in [2.75, 3.05) is 6.61 Å². The largest absolute Gasteiger partial charge is 0.494 e. The van der Waals surface area contributed by atoms with E-state index < -0.39 is 5.97 Å². The summed E-state index contributed by atoms with van der Waals surface area (Å²) in [7, 11) is 0. The Labute approximate surface area is 181 Å². The summed E-state index contributed by atoms with van der Waals surface area (Å²) in [5.74, 6) is -0.0684. The van der Waals surface area contributed by atoms with Crippen LogP contribution in [0.2, 0.25) is 0 Å². The van der Waals surface area contributed by atoms with Gasteiger partial charge in [0, 0.05) is 41.7 Å². The number of benzene rings is 3. The molecule has 4 rings (SSSR count). The van der Waals surface area contributed by atoms with Crippen molar-refractivity contribution in [2.45, 2.75) is 26.6 Å². The van der Waals surface area contributed by atoms with Crippen molar-refractivity contribution in [1.29, 1.82) is 0 Å². The number of hydrogen-bond donors (Lipinski definition) is 2. The molecule has 0 fully saturated rings. The first-order valence-electron chi connectivity index (χ1n) is 10.5. The number of fused-ring (bicyclic) bond motifs is 1. The van der Waals surface area contributed by atoms with Gasteiger partial charge in [-0.25, -0.2) is 4.79 Å². The predicted octanol–water partition coefficient (Wildman–Crippen LogP) is 5.08. The molecule has 2 N–H and O–H groups in total. The number of carbonyl (C=O) groups is 1. The van der Waals surface area contributed by atoms with Crippen LogP contribution in [0.3, 0.4) is 0 Å². The van der Waals surface area contributed by atoms with Crippen molar-refractivity contribution in [3.05, 3.63) is 101 Å². The Morgan fingerprint density at radius 1 is 0.935 bits per heavy atom. The van der Waals surface area contributed by atoms with E-state index in [0.29, 0.717) is 31.9 Å². The maximum absolute atomic E-state index is 12.3. The first-order valence-corrected chi connectivity index (χ1v) is 10.5. The molecule has 0 aliphatic heterocycles. The minimum absolute atomic E-state index is 0.329. The van der Waals surface area contributed by atoms with Gasteiger partial charge >= 0.3 is 5.97 Å². The highest BCUT2D eigenvalue weighted by Gasteiger charge is 2.22. The van der Waals surface area contributed by atoms with E-state index in [-0.39, 0.29) is 0 Å². The maximum atomic E-state index is 12.3. The third kappa shape index (κ3) is 4.47. The maximum Gasteiger partial charge on any atom is 0.352 e.